The second kappa shape index (κ2) is 7.98. The Bertz CT molecular complexity index is 833. The van der Waals surface area contributed by atoms with Crippen LogP contribution in [0, 0.1) is 12.3 Å². The first-order chi connectivity index (χ1) is 12.6. The Morgan fingerprint density at radius 1 is 1.26 bits per heavy atom. The van der Waals surface area contributed by atoms with Gasteiger partial charge in [-0.15, -0.1) is 0 Å². The van der Waals surface area contributed by atoms with Crippen molar-refractivity contribution in [3.8, 4) is 0 Å². The molecule has 1 unspecified atom stereocenters. The van der Waals surface area contributed by atoms with Crippen LogP contribution >= 0.6 is 0 Å². The predicted octanol–water partition coefficient (Wildman–Crippen LogP) is 2.35. The van der Waals surface area contributed by atoms with Crippen LogP contribution in [0.5, 0.6) is 0 Å². The molecule has 150 valence electrons. The largest absolute Gasteiger partial charge is 0.481 e. The molecule has 0 aliphatic carbocycles. The van der Waals surface area contributed by atoms with Gasteiger partial charge in [-0.1, -0.05) is 19.9 Å². The van der Waals surface area contributed by atoms with Gasteiger partial charge in [0.2, 0.25) is 10.0 Å². The molecule has 0 spiro atoms. The fourth-order valence-corrected chi connectivity index (χ4v) is 5.19. The van der Waals surface area contributed by atoms with Crippen LogP contribution in [0.3, 0.4) is 0 Å². The van der Waals surface area contributed by atoms with Gasteiger partial charge >= 0.3 is 5.97 Å². The van der Waals surface area contributed by atoms with Gasteiger partial charge in [0.05, 0.1) is 10.3 Å². The summed E-state index contributed by atoms with van der Waals surface area (Å²) in [5.41, 5.74) is -0.136. The zero-order valence-corrected chi connectivity index (χ0v) is 17.2. The third-order valence-corrected chi connectivity index (χ3v) is 7.45. The van der Waals surface area contributed by atoms with Crippen LogP contribution in [0.25, 0.3) is 0 Å². The van der Waals surface area contributed by atoms with Gasteiger partial charge in [-0.05, 0) is 44.4 Å². The van der Waals surface area contributed by atoms with Crippen molar-refractivity contribution in [2.24, 2.45) is 5.41 Å². The van der Waals surface area contributed by atoms with Crippen LogP contribution in [-0.4, -0.2) is 60.8 Å². The van der Waals surface area contributed by atoms with Gasteiger partial charge in [0, 0.05) is 31.7 Å². The molecular formula is C19H28N2O5S. The zero-order chi connectivity index (χ0) is 20.4. The molecule has 27 heavy (non-hydrogen) atoms. The summed E-state index contributed by atoms with van der Waals surface area (Å²) in [5, 5.41) is 9.45. The number of carbonyl (C=O) groups excluding carboxylic acids is 1. The molecule has 2 rings (SSSR count). The average molecular weight is 397 g/mol. The van der Waals surface area contributed by atoms with E-state index < -0.39 is 21.4 Å². The van der Waals surface area contributed by atoms with E-state index in [-0.39, 0.29) is 22.9 Å². The highest BCUT2D eigenvalue weighted by atomic mass is 32.2. The van der Waals surface area contributed by atoms with E-state index in [2.05, 4.69) is 0 Å². The SMILES string of the molecule is CCN(CC)S(=O)(=O)c1cc(C(=O)N2CCCC(C)(C(=O)O)C2)ccc1C. The minimum Gasteiger partial charge on any atom is -0.481 e. The van der Waals surface area contributed by atoms with Crippen molar-refractivity contribution in [1.29, 1.82) is 0 Å². The van der Waals surface area contributed by atoms with E-state index in [0.717, 1.165) is 0 Å². The van der Waals surface area contributed by atoms with Gasteiger partial charge in [-0.2, -0.15) is 4.31 Å². The van der Waals surface area contributed by atoms with E-state index in [1.165, 1.54) is 15.3 Å². The smallest absolute Gasteiger partial charge is 0.311 e. The summed E-state index contributed by atoms with van der Waals surface area (Å²) in [7, 11) is -3.69. The number of likely N-dealkylation sites (tertiary alicyclic amines) is 1. The number of hydrogen-bond acceptors (Lipinski definition) is 4. The molecule has 1 saturated heterocycles. The number of carbonyl (C=O) groups is 2. The normalized spacial score (nSPS) is 20.7. The number of rotatable bonds is 6. The highest BCUT2D eigenvalue weighted by Crippen LogP contribution is 2.31. The number of carboxylic acid groups (broad SMARTS) is 1. The fraction of sp³-hybridized carbons (Fsp3) is 0.579. The number of carboxylic acids is 1. The van der Waals surface area contributed by atoms with E-state index >= 15 is 0 Å². The van der Waals surface area contributed by atoms with Crippen LogP contribution in [0.15, 0.2) is 23.1 Å². The van der Waals surface area contributed by atoms with E-state index in [4.69, 9.17) is 0 Å². The number of hydrogen-bond donors (Lipinski definition) is 1. The maximum absolute atomic E-state index is 12.9. The summed E-state index contributed by atoms with van der Waals surface area (Å²) in [6.45, 7) is 8.16. The second-order valence-corrected chi connectivity index (χ2v) is 9.17. The molecule has 8 heteroatoms. The third-order valence-electron chi connectivity index (χ3n) is 5.26. The molecule has 1 aliphatic rings. The molecule has 0 radical (unpaired) electrons. The molecule has 0 bridgehead atoms. The summed E-state index contributed by atoms with van der Waals surface area (Å²) >= 11 is 0. The van der Waals surface area contributed by atoms with Gasteiger partial charge in [-0.3, -0.25) is 9.59 Å². The first kappa shape index (κ1) is 21.4. The molecule has 7 nitrogen and oxygen atoms in total. The Morgan fingerprint density at radius 3 is 2.44 bits per heavy atom. The molecule has 1 amide bonds. The van der Waals surface area contributed by atoms with Crippen LogP contribution in [0.4, 0.5) is 0 Å². The van der Waals surface area contributed by atoms with E-state index in [9.17, 15) is 23.1 Å². The van der Waals surface area contributed by atoms with Gasteiger partial charge < -0.3 is 10.0 Å². The van der Waals surface area contributed by atoms with Crippen LogP contribution in [0.2, 0.25) is 0 Å². The molecule has 1 heterocycles. The molecule has 1 aliphatic heterocycles. The number of nitrogens with zero attached hydrogens (tertiary/aromatic N) is 2. The molecule has 0 aromatic heterocycles. The van der Waals surface area contributed by atoms with Crippen molar-refractivity contribution in [1.82, 2.24) is 9.21 Å². The summed E-state index contributed by atoms with van der Waals surface area (Å²) < 4.78 is 27.1. The molecular weight excluding hydrogens is 368 g/mol. The fourth-order valence-electron chi connectivity index (χ4n) is 3.48. The van der Waals surface area contributed by atoms with Crippen molar-refractivity contribution in [2.45, 2.75) is 45.4 Å². The van der Waals surface area contributed by atoms with Crippen LogP contribution < -0.4 is 0 Å². The molecule has 1 atom stereocenters. The lowest BCUT2D eigenvalue weighted by atomic mass is 9.82. The average Bonchev–Trinajstić information content (AvgIpc) is 2.62. The van der Waals surface area contributed by atoms with E-state index in [1.807, 2.05) is 0 Å². The molecule has 1 fully saturated rings. The summed E-state index contributed by atoms with van der Waals surface area (Å²) in [5.74, 6) is -1.26. The molecule has 1 N–H and O–H groups in total. The van der Waals surface area contributed by atoms with Crippen LogP contribution in [0.1, 0.15) is 49.5 Å². The minimum absolute atomic E-state index is 0.118. The standard InChI is InChI=1S/C19H28N2O5S/c1-5-21(6-2)27(25,26)16-12-15(9-8-14(16)3)17(22)20-11-7-10-19(4,13-20)18(23)24/h8-9,12H,5-7,10-11,13H2,1-4H3,(H,23,24). The topological polar surface area (TPSA) is 95.0 Å². The number of piperidine rings is 1. The summed E-state index contributed by atoms with van der Waals surface area (Å²) in [6.07, 6.45) is 1.12. The maximum atomic E-state index is 12.9. The second-order valence-electron chi connectivity index (χ2n) is 7.27. The lowest BCUT2D eigenvalue weighted by molar-refractivity contribution is -0.150. The van der Waals surface area contributed by atoms with Gasteiger partial charge in [0.15, 0.2) is 0 Å². The Hall–Kier alpha value is -1.93. The van der Waals surface area contributed by atoms with E-state index in [0.29, 0.717) is 38.0 Å². The summed E-state index contributed by atoms with van der Waals surface area (Å²) in [6, 6.07) is 4.65. The Labute approximate surface area is 161 Å². The quantitative estimate of drug-likeness (QED) is 0.796. The third kappa shape index (κ3) is 4.16. The number of aliphatic carboxylic acids is 1. The molecule has 0 saturated carbocycles. The summed E-state index contributed by atoms with van der Waals surface area (Å²) in [4.78, 5) is 26.1. The lowest BCUT2D eigenvalue weighted by Gasteiger charge is -2.37. The lowest BCUT2D eigenvalue weighted by Crippen LogP contribution is -2.48. The number of amides is 1. The Morgan fingerprint density at radius 2 is 1.89 bits per heavy atom. The van der Waals surface area contributed by atoms with E-state index in [1.54, 1.807) is 39.8 Å². The first-order valence-electron chi connectivity index (χ1n) is 9.20. The van der Waals surface area contributed by atoms with Crippen molar-refractivity contribution >= 4 is 21.9 Å². The van der Waals surface area contributed by atoms with Crippen molar-refractivity contribution in [3.63, 3.8) is 0 Å². The van der Waals surface area contributed by atoms with Crippen LogP contribution in [-0.2, 0) is 14.8 Å². The highest BCUT2D eigenvalue weighted by molar-refractivity contribution is 7.89. The Balaban J connectivity index is 2.38. The van der Waals surface area contributed by atoms with Gasteiger partial charge in [-0.25, -0.2) is 8.42 Å². The van der Waals surface area contributed by atoms with Gasteiger partial charge in [0.1, 0.15) is 0 Å². The van der Waals surface area contributed by atoms with Crippen molar-refractivity contribution in [3.05, 3.63) is 29.3 Å². The number of sulfonamides is 1. The number of benzene rings is 1. The maximum Gasteiger partial charge on any atom is 0.311 e. The Kier molecular flexibility index (Phi) is 6.32. The molecule has 1 aromatic rings. The molecule has 1 aromatic carbocycles. The monoisotopic (exact) mass is 396 g/mol. The van der Waals surface area contributed by atoms with Crippen molar-refractivity contribution < 1.29 is 23.1 Å². The first-order valence-corrected chi connectivity index (χ1v) is 10.6. The zero-order valence-electron chi connectivity index (χ0n) is 16.4. The number of aryl methyl sites for hydroxylation is 1. The van der Waals surface area contributed by atoms with Gasteiger partial charge in [0.25, 0.3) is 5.91 Å². The highest BCUT2D eigenvalue weighted by Gasteiger charge is 2.39. The minimum atomic E-state index is -3.69. The van der Waals surface area contributed by atoms with Crippen molar-refractivity contribution in [2.75, 3.05) is 26.2 Å². The predicted molar refractivity (Wildman–Crippen MR) is 102 cm³/mol.